The normalized spacial score (nSPS) is 16.5. The summed E-state index contributed by atoms with van der Waals surface area (Å²) in [5, 5.41) is 0. The molecule has 1 atom stereocenters. The summed E-state index contributed by atoms with van der Waals surface area (Å²) in [5.41, 5.74) is 2.72. The molecule has 0 saturated carbocycles. The van der Waals surface area contributed by atoms with E-state index in [0.29, 0.717) is 4.83 Å². The number of fused-ring (bicyclic) bond motifs is 1. The van der Waals surface area contributed by atoms with E-state index in [9.17, 15) is 0 Å². The van der Waals surface area contributed by atoms with Crippen LogP contribution in [0.15, 0.2) is 18.2 Å². The van der Waals surface area contributed by atoms with Crippen LogP contribution in [0.25, 0.3) is 0 Å². The third kappa shape index (κ3) is 1.73. The van der Waals surface area contributed by atoms with E-state index in [1.807, 2.05) is 0 Å². The number of hydrogen-bond donors (Lipinski definition) is 0. The molecule has 0 N–H and O–H groups in total. The summed E-state index contributed by atoms with van der Waals surface area (Å²) in [6.45, 7) is 3.03. The molecule has 0 saturated heterocycles. The molecule has 0 radical (unpaired) electrons. The number of ether oxygens (including phenoxy) is 1. The fourth-order valence-corrected chi connectivity index (χ4v) is 1.92. The zero-order valence-electron chi connectivity index (χ0n) is 7.72. The Balaban J connectivity index is 2.30. The lowest BCUT2D eigenvalue weighted by molar-refractivity contribution is 0.357. The van der Waals surface area contributed by atoms with Crippen molar-refractivity contribution in [3.8, 4) is 5.75 Å². The molecular formula is C11H13BrO. The molecule has 0 fully saturated rings. The van der Waals surface area contributed by atoms with Gasteiger partial charge >= 0.3 is 0 Å². The van der Waals surface area contributed by atoms with Gasteiger partial charge in [0.1, 0.15) is 5.75 Å². The molecule has 0 aliphatic carbocycles. The van der Waals surface area contributed by atoms with Gasteiger partial charge in [-0.2, -0.15) is 0 Å². The van der Waals surface area contributed by atoms with E-state index in [4.69, 9.17) is 4.74 Å². The fourth-order valence-electron chi connectivity index (χ4n) is 1.64. The summed E-state index contributed by atoms with van der Waals surface area (Å²) in [5.74, 6) is 1.07. The molecule has 1 unspecified atom stereocenters. The second-order valence-corrected chi connectivity index (χ2v) is 4.45. The van der Waals surface area contributed by atoms with Gasteiger partial charge in [-0.1, -0.05) is 35.0 Å². The number of rotatable bonds is 2. The minimum absolute atomic E-state index is 0.485. The molecule has 1 aliphatic rings. The van der Waals surface area contributed by atoms with Gasteiger partial charge in [-0.3, -0.25) is 0 Å². The summed E-state index contributed by atoms with van der Waals surface area (Å²) in [7, 11) is 0. The molecule has 2 rings (SSSR count). The first-order valence-corrected chi connectivity index (χ1v) is 5.62. The molecule has 0 bridgehead atoms. The van der Waals surface area contributed by atoms with Crippen molar-refractivity contribution in [1.82, 2.24) is 0 Å². The van der Waals surface area contributed by atoms with Crippen LogP contribution in [0, 0.1) is 0 Å². The van der Waals surface area contributed by atoms with Crippen LogP contribution in [0.2, 0.25) is 0 Å². The summed E-state index contributed by atoms with van der Waals surface area (Å²) in [6, 6.07) is 6.49. The first kappa shape index (κ1) is 9.07. The molecule has 2 heteroatoms. The summed E-state index contributed by atoms with van der Waals surface area (Å²) in [4.78, 5) is 0.485. The molecule has 1 aromatic rings. The Morgan fingerprint density at radius 2 is 2.38 bits per heavy atom. The Bertz CT molecular complexity index is 309. The maximum atomic E-state index is 5.45. The van der Waals surface area contributed by atoms with Crippen molar-refractivity contribution < 1.29 is 4.74 Å². The monoisotopic (exact) mass is 240 g/mol. The van der Waals surface area contributed by atoms with Crippen LogP contribution in [-0.4, -0.2) is 6.61 Å². The quantitative estimate of drug-likeness (QED) is 0.720. The van der Waals surface area contributed by atoms with Crippen molar-refractivity contribution in [2.24, 2.45) is 0 Å². The van der Waals surface area contributed by atoms with Crippen LogP contribution in [0.1, 0.15) is 29.3 Å². The van der Waals surface area contributed by atoms with Crippen LogP contribution < -0.4 is 4.74 Å². The minimum atomic E-state index is 0.485. The van der Waals surface area contributed by atoms with Gasteiger partial charge in [0.25, 0.3) is 0 Å². The molecule has 1 nitrogen and oxygen atoms in total. The lowest BCUT2D eigenvalue weighted by Gasteiger charge is -2.08. The molecule has 1 aromatic carbocycles. The van der Waals surface area contributed by atoms with Crippen LogP contribution in [0.4, 0.5) is 0 Å². The zero-order chi connectivity index (χ0) is 9.26. The molecule has 1 heterocycles. The highest BCUT2D eigenvalue weighted by Crippen LogP contribution is 2.32. The average molecular weight is 241 g/mol. The SMILES string of the molecule is CCC(Br)c1ccc2c(c1)CCO2. The Hall–Kier alpha value is -0.500. The van der Waals surface area contributed by atoms with E-state index in [1.54, 1.807) is 0 Å². The highest BCUT2D eigenvalue weighted by molar-refractivity contribution is 9.09. The number of alkyl halides is 1. The standard InChI is InChI=1S/C11H13BrO/c1-2-10(12)8-3-4-11-9(7-8)5-6-13-11/h3-4,7,10H,2,5-6H2,1H3. The lowest BCUT2D eigenvalue weighted by Crippen LogP contribution is -1.88. The van der Waals surface area contributed by atoms with E-state index in [0.717, 1.165) is 25.2 Å². The third-order valence-electron chi connectivity index (χ3n) is 2.43. The summed E-state index contributed by atoms with van der Waals surface area (Å²) in [6.07, 6.45) is 2.19. The minimum Gasteiger partial charge on any atom is -0.493 e. The van der Waals surface area contributed by atoms with Gasteiger partial charge in [0, 0.05) is 11.2 Å². The smallest absolute Gasteiger partial charge is 0.122 e. The van der Waals surface area contributed by atoms with Gasteiger partial charge < -0.3 is 4.74 Å². The Labute approximate surface area is 87.2 Å². The highest BCUT2D eigenvalue weighted by Gasteiger charge is 2.14. The van der Waals surface area contributed by atoms with Crippen molar-refractivity contribution in [3.05, 3.63) is 29.3 Å². The Morgan fingerprint density at radius 1 is 1.54 bits per heavy atom. The molecule has 70 valence electrons. The highest BCUT2D eigenvalue weighted by atomic mass is 79.9. The first-order chi connectivity index (χ1) is 6.31. The van der Waals surface area contributed by atoms with Crippen LogP contribution in [-0.2, 0) is 6.42 Å². The molecule has 1 aliphatic heterocycles. The maximum Gasteiger partial charge on any atom is 0.122 e. The van der Waals surface area contributed by atoms with Gasteiger partial charge in [-0.05, 0) is 23.6 Å². The lowest BCUT2D eigenvalue weighted by atomic mass is 10.1. The van der Waals surface area contributed by atoms with E-state index >= 15 is 0 Å². The van der Waals surface area contributed by atoms with Gasteiger partial charge in [0.15, 0.2) is 0 Å². The van der Waals surface area contributed by atoms with Gasteiger partial charge in [-0.25, -0.2) is 0 Å². The number of halogens is 1. The molecular weight excluding hydrogens is 228 g/mol. The second-order valence-electron chi connectivity index (χ2n) is 3.34. The summed E-state index contributed by atoms with van der Waals surface area (Å²) >= 11 is 3.65. The number of benzene rings is 1. The molecule has 0 spiro atoms. The fraction of sp³-hybridized carbons (Fsp3) is 0.455. The maximum absolute atomic E-state index is 5.45. The van der Waals surface area contributed by atoms with Crippen LogP contribution >= 0.6 is 15.9 Å². The van der Waals surface area contributed by atoms with Crippen molar-refractivity contribution in [3.63, 3.8) is 0 Å². The molecule has 0 amide bonds. The molecule has 13 heavy (non-hydrogen) atoms. The third-order valence-corrected chi connectivity index (χ3v) is 3.61. The van der Waals surface area contributed by atoms with Crippen molar-refractivity contribution in [1.29, 1.82) is 0 Å². The van der Waals surface area contributed by atoms with E-state index in [-0.39, 0.29) is 0 Å². The van der Waals surface area contributed by atoms with Crippen LogP contribution in [0.3, 0.4) is 0 Å². The number of hydrogen-bond acceptors (Lipinski definition) is 1. The van der Waals surface area contributed by atoms with E-state index < -0.39 is 0 Å². The average Bonchev–Trinajstić information content (AvgIpc) is 2.63. The Morgan fingerprint density at radius 3 is 3.15 bits per heavy atom. The second kappa shape index (κ2) is 3.70. The zero-order valence-corrected chi connectivity index (χ0v) is 9.30. The van der Waals surface area contributed by atoms with Crippen molar-refractivity contribution in [2.45, 2.75) is 24.6 Å². The van der Waals surface area contributed by atoms with E-state index in [1.165, 1.54) is 11.1 Å². The van der Waals surface area contributed by atoms with Crippen molar-refractivity contribution in [2.75, 3.05) is 6.61 Å². The van der Waals surface area contributed by atoms with Gasteiger partial charge in [0.2, 0.25) is 0 Å². The van der Waals surface area contributed by atoms with Crippen LogP contribution in [0.5, 0.6) is 5.75 Å². The molecule has 0 aromatic heterocycles. The predicted octanol–water partition coefficient (Wildman–Crippen LogP) is 3.47. The van der Waals surface area contributed by atoms with Gasteiger partial charge in [0.05, 0.1) is 6.61 Å². The van der Waals surface area contributed by atoms with E-state index in [2.05, 4.69) is 41.1 Å². The largest absolute Gasteiger partial charge is 0.493 e. The van der Waals surface area contributed by atoms with Crippen molar-refractivity contribution >= 4 is 15.9 Å². The summed E-state index contributed by atoms with van der Waals surface area (Å²) < 4.78 is 5.45. The first-order valence-electron chi connectivity index (χ1n) is 4.71. The predicted molar refractivity (Wildman–Crippen MR) is 57.6 cm³/mol. The topological polar surface area (TPSA) is 9.23 Å². The Kier molecular flexibility index (Phi) is 2.58. The van der Waals surface area contributed by atoms with Gasteiger partial charge in [-0.15, -0.1) is 0 Å².